The number of ether oxygens (including phenoxy) is 1. The third-order valence-corrected chi connectivity index (χ3v) is 4.49. The maximum Gasteiger partial charge on any atom is 0.211 e. The first kappa shape index (κ1) is 15.2. The average Bonchev–Trinajstić information content (AvgIpc) is 2.96. The number of piperazine rings is 1. The van der Waals surface area contributed by atoms with Crippen molar-refractivity contribution in [3.63, 3.8) is 0 Å². The van der Waals surface area contributed by atoms with Gasteiger partial charge in [-0.1, -0.05) is 0 Å². The summed E-state index contributed by atoms with van der Waals surface area (Å²) in [5.74, 6) is 0.744. The Morgan fingerprint density at radius 3 is 2.95 bits per heavy atom. The minimum Gasteiger partial charge on any atom is -0.489 e. The summed E-state index contributed by atoms with van der Waals surface area (Å²) in [5.41, 5.74) is 1.91. The van der Waals surface area contributed by atoms with Gasteiger partial charge in [-0.15, -0.1) is 0 Å². The van der Waals surface area contributed by atoms with Gasteiger partial charge in [-0.2, -0.15) is 0 Å². The van der Waals surface area contributed by atoms with Gasteiger partial charge in [-0.25, -0.2) is 0 Å². The number of hydrogen-bond donors (Lipinski definition) is 1. The van der Waals surface area contributed by atoms with Gasteiger partial charge in [-0.05, 0) is 45.4 Å². The van der Waals surface area contributed by atoms with E-state index in [1.165, 1.54) is 25.1 Å². The summed E-state index contributed by atoms with van der Waals surface area (Å²) in [5, 5.41) is 2.72. The quantitative estimate of drug-likeness (QED) is 0.848. The minimum absolute atomic E-state index is 0.0779. The van der Waals surface area contributed by atoms with Crippen molar-refractivity contribution in [3.8, 4) is 5.75 Å². The first-order valence-corrected chi connectivity index (χ1v) is 8.17. The van der Waals surface area contributed by atoms with E-state index in [1.807, 2.05) is 19.9 Å². The van der Waals surface area contributed by atoms with Crippen LogP contribution in [0.15, 0.2) is 18.2 Å². The molecular formula is C17H25N3O2. The van der Waals surface area contributed by atoms with Crippen molar-refractivity contribution in [2.45, 2.75) is 38.8 Å². The number of amides is 1. The molecule has 2 heterocycles. The second-order valence-corrected chi connectivity index (χ2v) is 6.39. The van der Waals surface area contributed by atoms with Crippen molar-refractivity contribution >= 4 is 17.8 Å². The lowest BCUT2D eigenvalue weighted by molar-refractivity contribution is -0.105. The summed E-state index contributed by atoms with van der Waals surface area (Å²) in [7, 11) is 0. The first-order chi connectivity index (χ1) is 10.7. The van der Waals surface area contributed by atoms with E-state index in [1.54, 1.807) is 0 Å². The maximum absolute atomic E-state index is 10.7. The van der Waals surface area contributed by atoms with Crippen molar-refractivity contribution in [1.82, 2.24) is 4.90 Å². The molecule has 5 nitrogen and oxygen atoms in total. The largest absolute Gasteiger partial charge is 0.489 e. The fraction of sp³-hybridized carbons (Fsp3) is 0.588. The van der Waals surface area contributed by atoms with E-state index in [0.29, 0.717) is 12.5 Å². The van der Waals surface area contributed by atoms with E-state index in [4.69, 9.17) is 4.74 Å². The first-order valence-electron chi connectivity index (χ1n) is 8.17. The van der Waals surface area contributed by atoms with Gasteiger partial charge in [0.15, 0.2) is 0 Å². The number of nitrogens with one attached hydrogen (secondary N) is 1. The summed E-state index contributed by atoms with van der Waals surface area (Å²) in [6.45, 7) is 8.52. The zero-order valence-electron chi connectivity index (χ0n) is 13.4. The van der Waals surface area contributed by atoms with E-state index >= 15 is 0 Å². The van der Waals surface area contributed by atoms with Crippen LogP contribution in [0.1, 0.15) is 26.7 Å². The molecule has 2 saturated heterocycles. The summed E-state index contributed by atoms with van der Waals surface area (Å²) < 4.78 is 5.86. The second-order valence-electron chi connectivity index (χ2n) is 6.39. The lowest BCUT2D eigenvalue weighted by atomic mass is 10.1. The number of benzene rings is 1. The van der Waals surface area contributed by atoms with E-state index in [2.05, 4.69) is 27.2 Å². The van der Waals surface area contributed by atoms with E-state index in [-0.39, 0.29) is 6.10 Å². The Balaban J connectivity index is 1.79. The number of carbonyl (C=O) groups excluding carboxylic acids is 1. The lowest BCUT2D eigenvalue weighted by Crippen LogP contribution is -2.50. The zero-order valence-corrected chi connectivity index (χ0v) is 13.4. The van der Waals surface area contributed by atoms with Crippen LogP contribution in [0.5, 0.6) is 5.75 Å². The molecule has 22 heavy (non-hydrogen) atoms. The van der Waals surface area contributed by atoms with Gasteiger partial charge < -0.3 is 15.0 Å². The molecule has 0 saturated carbocycles. The molecule has 120 valence electrons. The minimum atomic E-state index is 0.0779. The molecular weight excluding hydrogens is 278 g/mol. The third-order valence-electron chi connectivity index (χ3n) is 4.49. The van der Waals surface area contributed by atoms with Crippen LogP contribution in [-0.2, 0) is 4.79 Å². The fourth-order valence-corrected chi connectivity index (χ4v) is 3.47. The van der Waals surface area contributed by atoms with Crippen LogP contribution in [0.2, 0.25) is 0 Å². The van der Waals surface area contributed by atoms with Gasteiger partial charge in [-0.3, -0.25) is 9.69 Å². The van der Waals surface area contributed by atoms with Crippen LogP contribution in [0, 0.1) is 0 Å². The molecule has 1 aromatic rings. The SMILES string of the molecule is CC(C)Oc1cc(N2CCN3CCC[C@@H]3C2)ccc1NC=O. The second kappa shape index (κ2) is 6.57. The van der Waals surface area contributed by atoms with Gasteiger partial charge in [0.1, 0.15) is 5.75 Å². The molecule has 5 heteroatoms. The third kappa shape index (κ3) is 3.19. The summed E-state index contributed by atoms with van der Waals surface area (Å²) >= 11 is 0. The molecule has 2 aliphatic heterocycles. The molecule has 1 amide bonds. The number of fused-ring (bicyclic) bond motifs is 1. The Morgan fingerprint density at radius 2 is 2.18 bits per heavy atom. The van der Waals surface area contributed by atoms with Gasteiger partial charge in [0.2, 0.25) is 6.41 Å². The van der Waals surface area contributed by atoms with Crippen LogP contribution in [0.3, 0.4) is 0 Å². The molecule has 2 aliphatic rings. The predicted molar refractivity (Wildman–Crippen MR) is 88.7 cm³/mol. The van der Waals surface area contributed by atoms with Crippen molar-refractivity contribution in [2.75, 3.05) is 36.4 Å². The number of carbonyl (C=O) groups is 1. The molecule has 0 radical (unpaired) electrons. The highest BCUT2D eigenvalue weighted by Gasteiger charge is 2.30. The molecule has 0 spiro atoms. The van der Waals surface area contributed by atoms with Gasteiger partial charge in [0.25, 0.3) is 0 Å². The van der Waals surface area contributed by atoms with Crippen LogP contribution < -0.4 is 15.0 Å². The zero-order chi connectivity index (χ0) is 15.5. The van der Waals surface area contributed by atoms with Crippen molar-refractivity contribution in [2.24, 2.45) is 0 Å². The monoisotopic (exact) mass is 303 g/mol. The summed E-state index contributed by atoms with van der Waals surface area (Å²) in [6.07, 6.45) is 3.40. The van der Waals surface area contributed by atoms with E-state index in [9.17, 15) is 4.79 Å². The molecule has 1 N–H and O–H groups in total. The Morgan fingerprint density at radius 1 is 1.32 bits per heavy atom. The Hall–Kier alpha value is -1.75. The Bertz CT molecular complexity index is 533. The van der Waals surface area contributed by atoms with Crippen LogP contribution in [0.25, 0.3) is 0 Å². The molecule has 1 aromatic carbocycles. The fourth-order valence-electron chi connectivity index (χ4n) is 3.47. The standard InChI is InChI=1S/C17H25N3O2/c1-13(2)22-17-10-14(5-6-16(17)18-12-21)20-9-8-19-7-3-4-15(19)11-20/h5-6,10,12-13,15H,3-4,7-9,11H2,1-2H3,(H,18,21)/t15-/m1/s1. The van der Waals surface area contributed by atoms with Gasteiger partial charge in [0, 0.05) is 37.4 Å². The number of nitrogens with zero attached hydrogens (tertiary/aromatic N) is 2. The predicted octanol–water partition coefficient (Wildman–Crippen LogP) is 2.33. The Kier molecular flexibility index (Phi) is 4.52. The van der Waals surface area contributed by atoms with Crippen molar-refractivity contribution < 1.29 is 9.53 Å². The molecule has 1 atom stereocenters. The Labute approximate surface area is 132 Å². The molecule has 0 bridgehead atoms. The highest BCUT2D eigenvalue weighted by atomic mass is 16.5. The average molecular weight is 303 g/mol. The molecule has 2 fully saturated rings. The van der Waals surface area contributed by atoms with Gasteiger partial charge in [0.05, 0.1) is 11.8 Å². The summed E-state index contributed by atoms with van der Waals surface area (Å²) in [6, 6.07) is 6.75. The maximum atomic E-state index is 10.7. The highest BCUT2D eigenvalue weighted by molar-refractivity contribution is 5.77. The molecule has 0 aliphatic carbocycles. The number of rotatable bonds is 5. The summed E-state index contributed by atoms with van der Waals surface area (Å²) in [4.78, 5) is 15.8. The lowest BCUT2D eigenvalue weighted by Gasteiger charge is -2.39. The topological polar surface area (TPSA) is 44.8 Å². The number of hydrogen-bond acceptors (Lipinski definition) is 4. The van der Waals surface area contributed by atoms with Crippen LogP contribution in [-0.4, -0.2) is 49.6 Å². The van der Waals surface area contributed by atoms with Crippen molar-refractivity contribution in [1.29, 1.82) is 0 Å². The highest BCUT2D eigenvalue weighted by Crippen LogP contribution is 2.32. The molecule has 0 unspecified atom stereocenters. The number of anilines is 2. The normalized spacial score (nSPS) is 21.8. The van der Waals surface area contributed by atoms with E-state index in [0.717, 1.165) is 31.1 Å². The van der Waals surface area contributed by atoms with Crippen molar-refractivity contribution in [3.05, 3.63) is 18.2 Å². The van der Waals surface area contributed by atoms with Crippen LogP contribution >= 0.6 is 0 Å². The van der Waals surface area contributed by atoms with E-state index < -0.39 is 0 Å². The smallest absolute Gasteiger partial charge is 0.211 e. The molecule has 3 rings (SSSR count). The van der Waals surface area contributed by atoms with Crippen LogP contribution in [0.4, 0.5) is 11.4 Å². The van der Waals surface area contributed by atoms with Gasteiger partial charge >= 0.3 is 0 Å². The molecule has 0 aromatic heterocycles.